The van der Waals surface area contributed by atoms with Crippen molar-refractivity contribution in [3.8, 4) is 0 Å². The van der Waals surface area contributed by atoms with Crippen LogP contribution in [0.5, 0.6) is 0 Å². The molecule has 2 aromatic rings. The van der Waals surface area contributed by atoms with Crippen LogP contribution in [0.2, 0.25) is 5.15 Å². The van der Waals surface area contributed by atoms with Crippen molar-refractivity contribution in [1.82, 2.24) is 19.7 Å². The minimum atomic E-state index is -1.28. The van der Waals surface area contributed by atoms with Crippen LogP contribution < -0.4 is 0 Å². The van der Waals surface area contributed by atoms with Crippen LogP contribution in [0.1, 0.15) is 16.1 Å². The molecule has 86 valence electrons. The Kier molecular flexibility index (Phi) is 2.84. The summed E-state index contributed by atoms with van der Waals surface area (Å²) in [5.74, 6) is -0.532. The van der Waals surface area contributed by atoms with Crippen LogP contribution in [-0.4, -0.2) is 36.7 Å². The second kappa shape index (κ2) is 4.30. The van der Waals surface area contributed by atoms with E-state index in [1.807, 2.05) is 0 Å². The highest BCUT2D eigenvalue weighted by molar-refractivity contribution is 6.33. The van der Waals surface area contributed by atoms with E-state index < -0.39 is 11.9 Å². The first kappa shape index (κ1) is 11.2. The third-order valence-electron chi connectivity index (χ3n) is 1.93. The fourth-order valence-electron chi connectivity index (χ4n) is 1.16. The van der Waals surface area contributed by atoms with Gasteiger partial charge in [0.25, 0.3) is 0 Å². The van der Waals surface area contributed by atoms with Crippen molar-refractivity contribution in [3.05, 3.63) is 41.2 Å². The van der Waals surface area contributed by atoms with Gasteiger partial charge in [-0.05, 0) is 6.07 Å². The lowest BCUT2D eigenvalue weighted by Gasteiger charge is -1.98. The molecule has 17 heavy (non-hydrogen) atoms. The predicted octanol–water partition coefficient (Wildman–Crippen LogP) is 1.08. The van der Waals surface area contributed by atoms with Crippen molar-refractivity contribution >= 4 is 23.5 Å². The van der Waals surface area contributed by atoms with Gasteiger partial charge in [0, 0.05) is 12.4 Å². The van der Waals surface area contributed by atoms with Gasteiger partial charge in [-0.25, -0.2) is 14.8 Å². The van der Waals surface area contributed by atoms with Crippen LogP contribution in [0, 0.1) is 0 Å². The molecule has 2 rings (SSSR count). The van der Waals surface area contributed by atoms with Gasteiger partial charge in [0.1, 0.15) is 17.2 Å². The number of hydrogen-bond acceptors (Lipinski definition) is 5. The molecular formula is C9H5ClN4O3. The zero-order valence-electron chi connectivity index (χ0n) is 8.24. The first-order valence-electron chi connectivity index (χ1n) is 4.39. The third kappa shape index (κ3) is 2.13. The number of nitrogens with zero attached hydrogens (tertiary/aromatic N) is 4. The Morgan fingerprint density at radius 3 is 2.76 bits per heavy atom. The number of carbonyl (C=O) groups is 2. The van der Waals surface area contributed by atoms with Gasteiger partial charge in [-0.2, -0.15) is 9.78 Å². The summed E-state index contributed by atoms with van der Waals surface area (Å²) < 4.78 is 0.630. The normalized spacial score (nSPS) is 10.2. The molecule has 0 unspecified atom stereocenters. The summed E-state index contributed by atoms with van der Waals surface area (Å²) in [5.41, 5.74) is 0.0360. The average Bonchev–Trinajstić information content (AvgIpc) is 2.78. The molecule has 2 heterocycles. The van der Waals surface area contributed by atoms with Crippen molar-refractivity contribution in [2.24, 2.45) is 0 Å². The minimum Gasteiger partial charge on any atom is -0.463 e. The molecule has 8 heteroatoms. The smallest absolute Gasteiger partial charge is 0.432 e. The average molecular weight is 253 g/mol. The lowest BCUT2D eigenvalue weighted by Crippen LogP contribution is -2.11. The first-order valence-corrected chi connectivity index (χ1v) is 4.76. The van der Waals surface area contributed by atoms with Crippen molar-refractivity contribution in [2.75, 3.05) is 0 Å². The summed E-state index contributed by atoms with van der Waals surface area (Å²) in [6.45, 7) is 0. The second-order valence-corrected chi connectivity index (χ2v) is 3.34. The molecule has 0 bridgehead atoms. The van der Waals surface area contributed by atoms with E-state index in [0.29, 0.717) is 4.68 Å². The summed E-state index contributed by atoms with van der Waals surface area (Å²) in [7, 11) is 0. The Labute approximate surface area is 99.7 Å². The Hall–Kier alpha value is -2.28. The molecule has 0 saturated heterocycles. The molecule has 2 aromatic heterocycles. The van der Waals surface area contributed by atoms with E-state index in [1.165, 1.54) is 18.6 Å². The lowest BCUT2D eigenvalue weighted by molar-refractivity contribution is 0.103. The van der Waals surface area contributed by atoms with Gasteiger partial charge in [-0.15, -0.1) is 0 Å². The monoisotopic (exact) mass is 252 g/mol. The first-order chi connectivity index (χ1) is 8.09. The second-order valence-electron chi connectivity index (χ2n) is 2.98. The Balaban J connectivity index is 2.37. The van der Waals surface area contributed by atoms with Gasteiger partial charge in [0.2, 0.25) is 5.78 Å². The van der Waals surface area contributed by atoms with Gasteiger partial charge in [-0.3, -0.25) is 4.79 Å². The van der Waals surface area contributed by atoms with E-state index >= 15 is 0 Å². The summed E-state index contributed by atoms with van der Waals surface area (Å²) >= 11 is 5.72. The zero-order valence-corrected chi connectivity index (χ0v) is 9.00. The van der Waals surface area contributed by atoms with Gasteiger partial charge >= 0.3 is 6.09 Å². The maximum absolute atomic E-state index is 11.9. The molecule has 0 aromatic carbocycles. The summed E-state index contributed by atoms with van der Waals surface area (Å²) in [5, 5.41) is 12.2. The number of ketones is 1. The highest BCUT2D eigenvalue weighted by Gasteiger charge is 2.17. The van der Waals surface area contributed by atoms with E-state index in [2.05, 4.69) is 15.1 Å². The molecule has 1 N–H and O–H groups in total. The van der Waals surface area contributed by atoms with E-state index in [1.54, 1.807) is 0 Å². The SMILES string of the molecule is O=C(c1ccn(C(=O)O)n1)c1cncnc1Cl. The van der Waals surface area contributed by atoms with Crippen LogP contribution in [0.25, 0.3) is 0 Å². The largest absolute Gasteiger partial charge is 0.463 e. The highest BCUT2D eigenvalue weighted by atomic mass is 35.5. The molecular weight excluding hydrogens is 248 g/mol. The van der Waals surface area contributed by atoms with Gasteiger partial charge in [0.15, 0.2) is 0 Å². The van der Waals surface area contributed by atoms with Crippen LogP contribution in [0.15, 0.2) is 24.8 Å². The van der Waals surface area contributed by atoms with Crippen molar-refractivity contribution < 1.29 is 14.7 Å². The van der Waals surface area contributed by atoms with Crippen LogP contribution >= 0.6 is 11.6 Å². The molecule has 7 nitrogen and oxygen atoms in total. The van der Waals surface area contributed by atoms with Crippen molar-refractivity contribution in [2.45, 2.75) is 0 Å². The maximum atomic E-state index is 11.9. The zero-order chi connectivity index (χ0) is 12.4. The Morgan fingerprint density at radius 2 is 2.18 bits per heavy atom. The van der Waals surface area contributed by atoms with Gasteiger partial charge < -0.3 is 5.11 Å². The van der Waals surface area contributed by atoms with Crippen molar-refractivity contribution in [3.63, 3.8) is 0 Å². The number of carbonyl (C=O) groups excluding carboxylic acids is 1. The minimum absolute atomic E-state index is 0.00475. The van der Waals surface area contributed by atoms with Crippen molar-refractivity contribution in [1.29, 1.82) is 0 Å². The third-order valence-corrected chi connectivity index (χ3v) is 2.23. The Bertz CT molecular complexity index is 595. The molecule has 0 aliphatic heterocycles. The number of halogens is 1. The number of hydrogen-bond donors (Lipinski definition) is 1. The van der Waals surface area contributed by atoms with Gasteiger partial charge in [0.05, 0.1) is 5.56 Å². The van der Waals surface area contributed by atoms with Crippen LogP contribution in [0.3, 0.4) is 0 Å². The fraction of sp³-hybridized carbons (Fsp3) is 0. The van der Waals surface area contributed by atoms with E-state index in [9.17, 15) is 9.59 Å². The number of aromatic nitrogens is 4. The molecule has 0 aliphatic carbocycles. The highest BCUT2D eigenvalue weighted by Crippen LogP contribution is 2.14. The van der Waals surface area contributed by atoms with E-state index in [4.69, 9.17) is 16.7 Å². The molecule has 0 aliphatic rings. The molecule has 0 saturated carbocycles. The van der Waals surface area contributed by atoms with Gasteiger partial charge in [-0.1, -0.05) is 11.6 Å². The number of carboxylic acid groups (broad SMARTS) is 1. The standard InChI is InChI=1S/C9H5ClN4O3/c10-8-5(3-11-4-12-8)7(15)6-1-2-14(13-6)9(16)17/h1-4H,(H,16,17). The molecule has 0 fully saturated rings. The van der Waals surface area contributed by atoms with E-state index in [0.717, 1.165) is 6.20 Å². The van der Waals surface area contributed by atoms with E-state index in [-0.39, 0.29) is 16.4 Å². The molecule has 0 amide bonds. The summed E-state index contributed by atoms with van der Waals surface area (Å²) in [6.07, 6.45) is 2.33. The van der Waals surface area contributed by atoms with Crippen LogP contribution in [-0.2, 0) is 0 Å². The molecule has 0 atom stereocenters. The summed E-state index contributed by atoms with van der Waals surface area (Å²) in [4.78, 5) is 29.8. The quantitative estimate of drug-likeness (QED) is 0.634. The topological polar surface area (TPSA) is 98.0 Å². The number of rotatable bonds is 2. The summed E-state index contributed by atoms with van der Waals surface area (Å²) in [6, 6.07) is 1.28. The predicted molar refractivity (Wildman–Crippen MR) is 56.1 cm³/mol. The molecule has 0 spiro atoms. The lowest BCUT2D eigenvalue weighted by atomic mass is 10.2. The Morgan fingerprint density at radius 1 is 1.41 bits per heavy atom. The fourth-order valence-corrected chi connectivity index (χ4v) is 1.33. The van der Waals surface area contributed by atoms with Crippen LogP contribution in [0.4, 0.5) is 4.79 Å². The maximum Gasteiger partial charge on any atom is 0.432 e. The molecule has 0 radical (unpaired) electrons.